The first-order valence-electron chi connectivity index (χ1n) is 7.46. The third kappa shape index (κ3) is 2.55. The monoisotopic (exact) mass is 283 g/mol. The Morgan fingerprint density at radius 1 is 1.19 bits per heavy atom. The van der Waals surface area contributed by atoms with Crippen LogP contribution in [0.15, 0.2) is 28.8 Å². The normalized spacial score (nSPS) is 18.5. The smallest absolute Gasteiger partial charge is 0.229 e. The van der Waals surface area contributed by atoms with Crippen molar-refractivity contribution in [3.8, 4) is 0 Å². The van der Waals surface area contributed by atoms with Crippen LogP contribution in [0.4, 0.5) is 0 Å². The van der Waals surface area contributed by atoms with Gasteiger partial charge in [-0.25, -0.2) is 0 Å². The van der Waals surface area contributed by atoms with Crippen LogP contribution in [0.3, 0.4) is 0 Å². The zero-order valence-corrected chi connectivity index (χ0v) is 11.8. The van der Waals surface area contributed by atoms with E-state index in [0.717, 1.165) is 25.2 Å². The second-order valence-corrected chi connectivity index (χ2v) is 5.84. The van der Waals surface area contributed by atoms with Crippen LogP contribution in [0.2, 0.25) is 0 Å². The van der Waals surface area contributed by atoms with Crippen molar-refractivity contribution >= 4 is 5.91 Å². The van der Waals surface area contributed by atoms with Crippen LogP contribution in [0.5, 0.6) is 0 Å². The number of amides is 1. The van der Waals surface area contributed by atoms with E-state index in [0.29, 0.717) is 31.3 Å². The molecule has 0 bridgehead atoms. The highest BCUT2D eigenvalue weighted by Crippen LogP contribution is 2.38. The van der Waals surface area contributed by atoms with E-state index in [4.69, 9.17) is 4.52 Å². The molecule has 2 heterocycles. The Labute approximate surface area is 123 Å². The van der Waals surface area contributed by atoms with Gasteiger partial charge in [0, 0.05) is 18.9 Å². The molecule has 1 fully saturated rings. The first kappa shape index (κ1) is 12.6. The molecule has 1 aromatic heterocycles. The molecule has 0 N–H and O–H groups in total. The van der Waals surface area contributed by atoms with Crippen LogP contribution in [0.1, 0.15) is 48.0 Å². The summed E-state index contributed by atoms with van der Waals surface area (Å²) in [6.45, 7) is 1.06. The Bertz CT molecular complexity index is 676. The van der Waals surface area contributed by atoms with Crippen LogP contribution in [-0.2, 0) is 24.3 Å². The van der Waals surface area contributed by atoms with Gasteiger partial charge in [0.2, 0.25) is 11.8 Å². The zero-order chi connectivity index (χ0) is 14.2. The number of aromatic nitrogens is 2. The molecule has 0 atom stereocenters. The fourth-order valence-electron chi connectivity index (χ4n) is 2.79. The fourth-order valence-corrected chi connectivity index (χ4v) is 2.79. The van der Waals surface area contributed by atoms with Crippen LogP contribution in [0.25, 0.3) is 0 Å². The van der Waals surface area contributed by atoms with E-state index in [-0.39, 0.29) is 5.91 Å². The number of fused-ring (bicyclic) bond motifs is 1. The summed E-state index contributed by atoms with van der Waals surface area (Å²) >= 11 is 0. The summed E-state index contributed by atoms with van der Waals surface area (Å²) < 4.78 is 5.27. The summed E-state index contributed by atoms with van der Waals surface area (Å²) in [7, 11) is 0. The Balaban J connectivity index is 1.53. The number of nitrogens with zero attached hydrogens (tertiary/aromatic N) is 3. The lowest BCUT2D eigenvalue weighted by Crippen LogP contribution is -2.29. The number of hydrogen-bond donors (Lipinski definition) is 0. The summed E-state index contributed by atoms with van der Waals surface area (Å²) in [5.74, 6) is 1.95. The number of carbonyl (C=O) groups excluding carboxylic acids is 1. The molecule has 2 aliphatic rings. The molecule has 1 aromatic carbocycles. The Hall–Kier alpha value is -2.17. The maximum absolute atomic E-state index is 12.3. The molecule has 1 saturated carbocycles. The van der Waals surface area contributed by atoms with Crippen LogP contribution < -0.4 is 0 Å². The zero-order valence-electron chi connectivity index (χ0n) is 11.8. The van der Waals surface area contributed by atoms with Crippen molar-refractivity contribution in [2.45, 2.75) is 44.7 Å². The highest BCUT2D eigenvalue weighted by molar-refractivity contribution is 5.77. The van der Waals surface area contributed by atoms with Crippen LogP contribution >= 0.6 is 0 Å². The summed E-state index contributed by atoms with van der Waals surface area (Å²) in [6.07, 6.45) is 3.63. The van der Waals surface area contributed by atoms with E-state index in [1.807, 2.05) is 17.0 Å². The van der Waals surface area contributed by atoms with E-state index in [1.54, 1.807) is 0 Å². The van der Waals surface area contributed by atoms with Gasteiger partial charge < -0.3 is 9.42 Å². The molecule has 0 radical (unpaired) electrons. The number of carbonyl (C=O) groups is 1. The molecule has 5 heteroatoms. The highest BCUT2D eigenvalue weighted by Gasteiger charge is 2.30. The maximum atomic E-state index is 12.3. The van der Waals surface area contributed by atoms with E-state index >= 15 is 0 Å². The number of benzene rings is 1. The molecule has 0 saturated heterocycles. The van der Waals surface area contributed by atoms with Crippen molar-refractivity contribution < 1.29 is 9.32 Å². The van der Waals surface area contributed by atoms with Gasteiger partial charge in [-0.3, -0.25) is 4.79 Å². The predicted octanol–water partition coefficient (Wildman–Crippen LogP) is 2.42. The molecular formula is C16H17N3O2. The van der Waals surface area contributed by atoms with Gasteiger partial charge in [-0.1, -0.05) is 29.4 Å². The van der Waals surface area contributed by atoms with Gasteiger partial charge in [-0.15, -0.1) is 0 Å². The molecule has 21 heavy (non-hydrogen) atoms. The molecular weight excluding hydrogens is 266 g/mol. The average molecular weight is 283 g/mol. The first-order valence-corrected chi connectivity index (χ1v) is 7.46. The largest absolute Gasteiger partial charge is 0.339 e. The lowest BCUT2D eigenvalue weighted by atomic mass is 10.0. The summed E-state index contributed by atoms with van der Waals surface area (Å²) in [5.41, 5.74) is 2.48. The average Bonchev–Trinajstić information content (AvgIpc) is 3.27. The van der Waals surface area contributed by atoms with E-state index in [2.05, 4.69) is 22.3 Å². The quantitative estimate of drug-likeness (QED) is 0.868. The third-order valence-electron chi connectivity index (χ3n) is 4.18. The second kappa shape index (κ2) is 4.98. The van der Waals surface area contributed by atoms with Crippen molar-refractivity contribution in [1.82, 2.24) is 15.0 Å². The molecule has 0 spiro atoms. The number of rotatable bonds is 3. The van der Waals surface area contributed by atoms with E-state index < -0.39 is 0 Å². The molecule has 5 nitrogen and oxygen atoms in total. The Kier molecular flexibility index (Phi) is 2.98. The molecule has 2 aromatic rings. The van der Waals surface area contributed by atoms with Crippen molar-refractivity contribution in [2.24, 2.45) is 0 Å². The van der Waals surface area contributed by atoms with E-state index in [1.165, 1.54) is 11.1 Å². The summed E-state index contributed by atoms with van der Waals surface area (Å²) in [6, 6.07) is 8.24. The topological polar surface area (TPSA) is 59.2 Å². The SMILES string of the molecule is O=C1CCc2ccccc2CN1Cc1noc(C2CC2)n1. The van der Waals surface area contributed by atoms with Crippen molar-refractivity contribution in [3.63, 3.8) is 0 Å². The van der Waals surface area contributed by atoms with Crippen LogP contribution in [0, 0.1) is 0 Å². The lowest BCUT2D eigenvalue weighted by molar-refractivity contribution is -0.132. The Morgan fingerprint density at radius 2 is 2.00 bits per heavy atom. The van der Waals surface area contributed by atoms with Gasteiger partial charge in [0.15, 0.2) is 5.82 Å². The molecule has 4 rings (SSSR count). The van der Waals surface area contributed by atoms with Crippen molar-refractivity contribution in [2.75, 3.05) is 0 Å². The van der Waals surface area contributed by atoms with Gasteiger partial charge in [0.05, 0.1) is 6.54 Å². The van der Waals surface area contributed by atoms with Gasteiger partial charge >= 0.3 is 0 Å². The molecule has 1 aliphatic heterocycles. The minimum Gasteiger partial charge on any atom is -0.339 e. The summed E-state index contributed by atoms with van der Waals surface area (Å²) in [5, 5.41) is 4.01. The number of hydrogen-bond acceptors (Lipinski definition) is 4. The van der Waals surface area contributed by atoms with Crippen LogP contribution in [-0.4, -0.2) is 20.9 Å². The molecule has 108 valence electrons. The van der Waals surface area contributed by atoms with Gasteiger partial charge in [-0.05, 0) is 30.4 Å². The minimum atomic E-state index is 0.156. The van der Waals surface area contributed by atoms with Crippen molar-refractivity contribution in [1.29, 1.82) is 0 Å². The molecule has 0 unspecified atom stereocenters. The lowest BCUT2D eigenvalue weighted by Gasteiger charge is -2.19. The van der Waals surface area contributed by atoms with Crippen molar-refractivity contribution in [3.05, 3.63) is 47.1 Å². The predicted molar refractivity (Wildman–Crippen MR) is 75.3 cm³/mol. The van der Waals surface area contributed by atoms with Gasteiger partial charge in [0.25, 0.3) is 0 Å². The number of aryl methyl sites for hydroxylation is 1. The fraction of sp³-hybridized carbons (Fsp3) is 0.438. The van der Waals surface area contributed by atoms with Gasteiger partial charge in [-0.2, -0.15) is 4.98 Å². The molecule has 1 amide bonds. The van der Waals surface area contributed by atoms with Gasteiger partial charge in [0.1, 0.15) is 0 Å². The minimum absolute atomic E-state index is 0.156. The molecule has 1 aliphatic carbocycles. The first-order chi connectivity index (χ1) is 10.3. The standard InChI is InChI=1S/C16H17N3O2/c20-15-8-7-11-3-1-2-4-13(11)9-19(15)10-14-17-16(21-18-14)12-5-6-12/h1-4,12H,5-10H2. The van der Waals surface area contributed by atoms with E-state index in [9.17, 15) is 4.79 Å². The third-order valence-corrected chi connectivity index (χ3v) is 4.18. The Morgan fingerprint density at radius 3 is 2.81 bits per heavy atom. The highest BCUT2D eigenvalue weighted by atomic mass is 16.5. The maximum Gasteiger partial charge on any atom is 0.229 e. The second-order valence-electron chi connectivity index (χ2n) is 5.84. The summed E-state index contributed by atoms with van der Waals surface area (Å²) in [4.78, 5) is 18.5.